The number of fused-ring (bicyclic) bond motifs is 1. The lowest BCUT2D eigenvalue weighted by Crippen LogP contribution is -1.81. The lowest BCUT2D eigenvalue weighted by atomic mass is 10.1. The first-order valence-corrected chi connectivity index (χ1v) is 7.06. The Kier molecular flexibility index (Phi) is 3.58. The second-order valence-electron chi connectivity index (χ2n) is 5.44. The fourth-order valence-corrected chi connectivity index (χ4v) is 2.32. The maximum atomic E-state index is 10.1. The molecule has 0 saturated carbocycles. The van der Waals surface area contributed by atoms with Crippen LogP contribution in [-0.2, 0) is 0 Å². The van der Waals surface area contributed by atoms with Crippen LogP contribution in [0.25, 0.3) is 28.4 Å². The SMILES string of the molecule is C=C(C)/C=C/c1c(O)cc(-c2cc3ccc(O)cc3o2)cc1O. The Balaban J connectivity index is 2.07. The van der Waals surface area contributed by atoms with Gasteiger partial charge in [0.15, 0.2) is 0 Å². The molecule has 3 aromatic rings. The van der Waals surface area contributed by atoms with Gasteiger partial charge in [-0.25, -0.2) is 0 Å². The number of phenolic OH excluding ortho intramolecular Hbond substituents is 3. The fraction of sp³-hybridized carbons (Fsp3) is 0.0526. The molecule has 116 valence electrons. The van der Waals surface area contributed by atoms with E-state index in [0.29, 0.717) is 22.5 Å². The largest absolute Gasteiger partial charge is 0.508 e. The molecule has 23 heavy (non-hydrogen) atoms. The molecule has 2 aromatic carbocycles. The van der Waals surface area contributed by atoms with Gasteiger partial charge in [0, 0.05) is 17.0 Å². The van der Waals surface area contributed by atoms with Crippen LogP contribution in [0.3, 0.4) is 0 Å². The van der Waals surface area contributed by atoms with Crippen molar-refractivity contribution in [2.24, 2.45) is 0 Å². The van der Waals surface area contributed by atoms with Crippen molar-refractivity contribution < 1.29 is 19.7 Å². The maximum absolute atomic E-state index is 10.1. The molecule has 0 aliphatic heterocycles. The molecule has 0 bridgehead atoms. The van der Waals surface area contributed by atoms with E-state index in [-0.39, 0.29) is 17.2 Å². The Hall–Kier alpha value is -3.14. The molecule has 0 amide bonds. The lowest BCUT2D eigenvalue weighted by Gasteiger charge is -2.06. The van der Waals surface area contributed by atoms with Crippen molar-refractivity contribution in [1.29, 1.82) is 0 Å². The van der Waals surface area contributed by atoms with E-state index in [9.17, 15) is 15.3 Å². The first-order chi connectivity index (χ1) is 10.9. The van der Waals surface area contributed by atoms with Gasteiger partial charge in [0.05, 0.1) is 5.56 Å². The fourth-order valence-electron chi connectivity index (χ4n) is 2.32. The zero-order valence-electron chi connectivity index (χ0n) is 12.6. The highest BCUT2D eigenvalue weighted by Gasteiger charge is 2.12. The minimum atomic E-state index is -0.0548. The quantitative estimate of drug-likeness (QED) is 0.607. The van der Waals surface area contributed by atoms with Gasteiger partial charge in [-0.15, -0.1) is 0 Å². The van der Waals surface area contributed by atoms with Crippen LogP contribution in [0.15, 0.2) is 59.0 Å². The smallest absolute Gasteiger partial charge is 0.138 e. The summed E-state index contributed by atoms with van der Waals surface area (Å²) in [5.74, 6) is 0.498. The van der Waals surface area contributed by atoms with Gasteiger partial charge >= 0.3 is 0 Å². The average Bonchev–Trinajstić information content (AvgIpc) is 2.88. The van der Waals surface area contributed by atoms with E-state index < -0.39 is 0 Å². The molecule has 4 heteroatoms. The van der Waals surface area contributed by atoms with Gasteiger partial charge in [-0.3, -0.25) is 0 Å². The van der Waals surface area contributed by atoms with Gasteiger partial charge in [0.2, 0.25) is 0 Å². The third-order valence-electron chi connectivity index (χ3n) is 3.46. The predicted molar refractivity (Wildman–Crippen MR) is 90.5 cm³/mol. The second-order valence-corrected chi connectivity index (χ2v) is 5.44. The van der Waals surface area contributed by atoms with E-state index in [4.69, 9.17) is 4.42 Å². The van der Waals surface area contributed by atoms with Crippen LogP contribution in [0.5, 0.6) is 17.2 Å². The monoisotopic (exact) mass is 308 g/mol. The van der Waals surface area contributed by atoms with Crippen LogP contribution in [0.2, 0.25) is 0 Å². The van der Waals surface area contributed by atoms with Crippen molar-refractivity contribution in [2.75, 3.05) is 0 Å². The first-order valence-electron chi connectivity index (χ1n) is 7.06. The van der Waals surface area contributed by atoms with E-state index >= 15 is 0 Å². The maximum Gasteiger partial charge on any atom is 0.138 e. The summed E-state index contributed by atoms with van der Waals surface area (Å²) >= 11 is 0. The summed E-state index contributed by atoms with van der Waals surface area (Å²) in [6.07, 6.45) is 3.31. The zero-order chi connectivity index (χ0) is 16.6. The van der Waals surface area contributed by atoms with E-state index in [1.165, 1.54) is 18.2 Å². The summed E-state index contributed by atoms with van der Waals surface area (Å²) in [5, 5.41) is 30.6. The van der Waals surface area contributed by atoms with Gasteiger partial charge in [-0.2, -0.15) is 0 Å². The van der Waals surface area contributed by atoms with Gasteiger partial charge in [0.1, 0.15) is 28.6 Å². The average molecular weight is 308 g/mol. The van der Waals surface area contributed by atoms with Crippen molar-refractivity contribution >= 4 is 17.0 Å². The van der Waals surface area contributed by atoms with Crippen LogP contribution in [0.4, 0.5) is 0 Å². The molecule has 4 nitrogen and oxygen atoms in total. The summed E-state index contributed by atoms with van der Waals surface area (Å²) in [6.45, 7) is 5.56. The Morgan fingerprint density at radius 2 is 1.74 bits per heavy atom. The number of allylic oxidation sites excluding steroid dienone is 2. The topological polar surface area (TPSA) is 73.8 Å². The van der Waals surface area contributed by atoms with E-state index in [1.54, 1.807) is 30.4 Å². The van der Waals surface area contributed by atoms with E-state index in [1.807, 2.05) is 6.92 Å². The highest BCUT2D eigenvalue weighted by Crippen LogP contribution is 2.37. The van der Waals surface area contributed by atoms with Crippen LogP contribution in [0.1, 0.15) is 12.5 Å². The Labute approximate surface area is 133 Å². The standard InChI is InChI=1S/C19H16O4/c1-11(2)3-6-15-16(21)7-13(8-17(15)22)18-9-12-4-5-14(20)10-19(12)23-18/h3-10,20-22H,1H2,2H3/b6-3+. The number of hydrogen-bond donors (Lipinski definition) is 3. The molecular formula is C19H16O4. The predicted octanol–water partition coefficient (Wildman–Crippen LogP) is 4.81. The number of hydrogen-bond acceptors (Lipinski definition) is 4. The molecule has 1 aromatic heterocycles. The molecular weight excluding hydrogens is 292 g/mol. The molecule has 0 aliphatic rings. The Morgan fingerprint density at radius 3 is 2.39 bits per heavy atom. The third kappa shape index (κ3) is 2.92. The normalized spacial score (nSPS) is 11.3. The molecule has 3 N–H and O–H groups in total. The van der Waals surface area contributed by atoms with Crippen molar-refractivity contribution in [1.82, 2.24) is 0 Å². The summed E-state index contributed by atoms with van der Waals surface area (Å²) < 4.78 is 5.67. The second kappa shape index (κ2) is 5.57. The molecule has 0 radical (unpaired) electrons. The summed E-state index contributed by atoms with van der Waals surface area (Å²) in [4.78, 5) is 0. The van der Waals surface area contributed by atoms with Crippen LogP contribution in [-0.4, -0.2) is 15.3 Å². The van der Waals surface area contributed by atoms with E-state index in [2.05, 4.69) is 6.58 Å². The minimum absolute atomic E-state index is 0.0548. The molecule has 0 spiro atoms. The number of rotatable bonds is 3. The van der Waals surface area contributed by atoms with Crippen molar-refractivity contribution in [3.8, 4) is 28.6 Å². The summed E-state index contributed by atoms with van der Waals surface area (Å²) in [7, 11) is 0. The highest BCUT2D eigenvalue weighted by molar-refractivity contribution is 5.85. The van der Waals surface area contributed by atoms with Crippen molar-refractivity contribution in [3.63, 3.8) is 0 Å². The molecule has 0 unspecified atom stereocenters. The molecule has 0 fully saturated rings. The molecule has 1 heterocycles. The van der Waals surface area contributed by atoms with Gasteiger partial charge in [-0.1, -0.05) is 18.2 Å². The van der Waals surface area contributed by atoms with Crippen LogP contribution in [0, 0.1) is 0 Å². The number of furan rings is 1. The number of benzene rings is 2. The minimum Gasteiger partial charge on any atom is -0.508 e. The van der Waals surface area contributed by atoms with Crippen molar-refractivity contribution in [2.45, 2.75) is 6.92 Å². The van der Waals surface area contributed by atoms with Gasteiger partial charge in [-0.05, 0) is 43.3 Å². The molecule has 3 rings (SSSR count). The molecule has 0 atom stereocenters. The number of phenols is 3. The Bertz CT molecular complexity index is 909. The number of aromatic hydroxyl groups is 3. The molecule has 0 saturated heterocycles. The Morgan fingerprint density at radius 1 is 1.04 bits per heavy atom. The highest BCUT2D eigenvalue weighted by atomic mass is 16.3. The van der Waals surface area contributed by atoms with E-state index in [0.717, 1.165) is 11.0 Å². The van der Waals surface area contributed by atoms with Gasteiger partial charge in [0.25, 0.3) is 0 Å². The summed E-state index contributed by atoms with van der Waals surface area (Å²) in [6, 6.07) is 9.66. The third-order valence-corrected chi connectivity index (χ3v) is 3.46. The van der Waals surface area contributed by atoms with Crippen molar-refractivity contribution in [3.05, 3.63) is 60.2 Å². The van der Waals surface area contributed by atoms with Gasteiger partial charge < -0.3 is 19.7 Å². The molecule has 0 aliphatic carbocycles. The van der Waals surface area contributed by atoms with Crippen LogP contribution >= 0.6 is 0 Å². The summed E-state index contributed by atoms with van der Waals surface area (Å²) in [5.41, 5.74) is 2.21. The first kappa shape index (κ1) is 14.8. The lowest BCUT2D eigenvalue weighted by molar-refractivity contribution is 0.448. The van der Waals surface area contributed by atoms with Crippen LogP contribution < -0.4 is 0 Å². The zero-order valence-corrected chi connectivity index (χ0v) is 12.6.